The lowest BCUT2D eigenvalue weighted by Gasteiger charge is -2.49. The first-order chi connectivity index (χ1) is 8.52. The number of benzene rings is 1. The molecular formula is C16H26N2. The molecule has 1 fully saturated rings. The minimum Gasteiger partial charge on any atom is -0.326 e. The third kappa shape index (κ3) is 2.45. The number of nitrogens with zero attached hydrogens (tertiary/aromatic N) is 1. The van der Waals surface area contributed by atoms with Gasteiger partial charge in [0.15, 0.2) is 0 Å². The molecule has 2 rings (SSSR count). The van der Waals surface area contributed by atoms with E-state index < -0.39 is 0 Å². The summed E-state index contributed by atoms with van der Waals surface area (Å²) in [7, 11) is 0. The Morgan fingerprint density at radius 3 is 2.17 bits per heavy atom. The Morgan fingerprint density at radius 2 is 1.56 bits per heavy atom. The van der Waals surface area contributed by atoms with Gasteiger partial charge in [0.2, 0.25) is 0 Å². The van der Waals surface area contributed by atoms with Crippen LogP contribution in [0, 0.1) is 11.8 Å². The number of hydrogen-bond acceptors (Lipinski definition) is 2. The van der Waals surface area contributed by atoms with Gasteiger partial charge in [-0.15, -0.1) is 0 Å². The molecule has 5 atom stereocenters. The molecule has 0 amide bonds. The largest absolute Gasteiger partial charge is 0.326 e. The summed E-state index contributed by atoms with van der Waals surface area (Å²) in [6, 6.07) is 12.0. The Bertz CT molecular complexity index is 360. The number of hydrogen-bond donors (Lipinski definition) is 1. The molecular weight excluding hydrogens is 220 g/mol. The summed E-state index contributed by atoms with van der Waals surface area (Å²) >= 11 is 0. The molecule has 1 aliphatic heterocycles. The second-order valence-electron chi connectivity index (χ2n) is 5.93. The number of rotatable bonds is 2. The average Bonchev–Trinajstić information content (AvgIpc) is 2.40. The van der Waals surface area contributed by atoms with E-state index in [0.29, 0.717) is 23.9 Å². The highest BCUT2D eigenvalue weighted by atomic mass is 15.2. The molecule has 2 nitrogen and oxygen atoms in total. The number of nitrogens with two attached hydrogens (primary N) is 1. The minimum absolute atomic E-state index is 0.278. The van der Waals surface area contributed by atoms with E-state index in [2.05, 4.69) is 62.9 Å². The topological polar surface area (TPSA) is 29.3 Å². The summed E-state index contributed by atoms with van der Waals surface area (Å²) in [5.74, 6) is 1.25. The summed E-state index contributed by atoms with van der Waals surface area (Å²) in [6.45, 7) is 10.2. The van der Waals surface area contributed by atoms with Crippen LogP contribution in [0.25, 0.3) is 0 Å². The van der Waals surface area contributed by atoms with Crippen molar-refractivity contribution in [2.45, 2.75) is 52.4 Å². The molecule has 0 aromatic heterocycles. The molecule has 2 heteroatoms. The standard InChI is InChI=1S/C16H26N2/c1-11-12(2)16(17)14(4)18(13(11)3)10-15-8-6-5-7-9-15/h5-9,11-14,16H,10,17H2,1-4H3/t11-,12-,13-,14+,16+/m1/s1. The SMILES string of the molecule is C[C@@H]1[C@@H](C)[C@@H](C)N(Cc2ccccc2)[C@@H](C)[C@H]1N. The lowest BCUT2D eigenvalue weighted by atomic mass is 9.76. The lowest BCUT2D eigenvalue weighted by molar-refractivity contribution is 0.00745. The molecule has 0 bridgehead atoms. The average molecular weight is 246 g/mol. The first-order valence-electron chi connectivity index (χ1n) is 7.07. The van der Waals surface area contributed by atoms with Gasteiger partial charge in [0.25, 0.3) is 0 Å². The van der Waals surface area contributed by atoms with Crippen LogP contribution in [0.1, 0.15) is 33.3 Å². The van der Waals surface area contributed by atoms with Gasteiger partial charge in [-0.25, -0.2) is 0 Å². The Hall–Kier alpha value is -0.860. The van der Waals surface area contributed by atoms with E-state index in [4.69, 9.17) is 5.73 Å². The van der Waals surface area contributed by atoms with Crippen molar-refractivity contribution in [2.24, 2.45) is 17.6 Å². The van der Waals surface area contributed by atoms with E-state index in [0.717, 1.165) is 6.54 Å². The fourth-order valence-corrected chi connectivity index (χ4v) is 3.21. The zero-order valence-corrected chi connectivity index (χ0v) is 12.0. The van der Waals surface area contributed by atoms with Crippen LogP contribution in [0.4, 0.5) is 0 Å². The van der Waals surface area contributed by atoms with Crippen LogP contribution >= 0.6 is 0 Å². The molecule has 1 aliphatic rings. The highest BCUT2D eigenvalue weighted by Gasteiger charge is 2.39. The van der Waals surface area contributed by atoms with Crippen molar-refractivity contribution in [3.63, 3.8) is 0 Å². The van der Waals surface area contributed by atoms with Gasteiger partial charge in [0.1, 0.15) is 0 Å². The molecule has 1 aromatic rings. The zero-order chi connectivity index (χ0) is 13.3. The Morgan fingerprint density at radius 1 is 0.944 bits per heavy atom. The summed E-state index contributed by atoms with van der Waals surface area (Å²) < 4.78 is 0. The molecule has 1 heterocycles. The summed E-state index contributed by atoms with van der Waals surface area (Å²) in [5, 5.41) is 0. The lowest BCUT2D eigenvalue weighted by Crippen LogP contribution is -2.60. The highest BCUT2D eigenvalue weighted by Crippen LogP contribution is 2.32. The van der Waals surface area contributed by atoms with Crippen molar-refractivity contribution in [1.82, 2.24) is 4.90 Å². The molecule has 0 saturated carbocycles. The molecule has 0 radical (unpaired) electrons. The molecule has 100 valence electrons. The number of likely N-dealkylation sites (tertiary alicyclic amines) is 1. The molecule has 0 unspecified atom stereocenters. The fraction of sp³-hybridized carbons (Fsp3) is 0.625. The van der Waals surface area contributed by atoms with E-state index in [1.165, 1.54) is 5.56 Å². The fourth-order valence-electron chi connectivity index (χ4n) is 3.21. The molecule has 18 heavy (non-hydrogen) atoms. The molecule has 1 saturated heterocycles. The Kier molecular flexibility index (Phi) is 4.08. The van der Waals surface area contributed by atoms with Gasteiger partial charge in [-0.1, -0.05) is 44.2 Å². The van der Waals surface area contributed by atoms with Crippen LogP contribution in [-0.4, -0.2) is 23.0 Å². The second-order valence-corrected chi connectivity index (χ2v) is 5.93. The summed E-state index contributed by atoms with van der Waals surface area (Å²) in [5.41, 5.74) is 7.76. The van der Waals surface area contributed by atoms with E-state index in [-0.39, 0.29) is 6.04 Å². The quantitative estimate of drug-likeness (QED) is 0.869. The Labute approximate surface area is 111 Å². The van der Waals surface area contributed by atoms with E-state index in [9.17, 15) is 0 Å². The van der Waals surface area contributed by atoms with Gasteiger partial charge >= 0.3 is 0 Å². The maximum Gasteiger partial charge on any atom is 0.0240 e. The first-order valence-corrected chi connectivity index (χ1v) is 7.07. The predicted molar refractivity (Wildman–Crippen MR) is 77.2 cm³/mol. The van der Waals surface area contributed by atoms with Gasteiger partial charge < -0.3 is 5.73 Å². The molecule has 0 spiro atoms. The summed E-state index contributed by atoms with van der Waals surface area (Å²) in [4.78, 5) is 2.56. The minimum atomic E-state index is 0.278. The molecule has 2 N–H and O–H groups in total. The number of piperidine rings is 1. The second kappa shape index (κ2) is 5.41. The first kappa shape index (κ1) is 13.6. The monoisotopic (exact) mass is 246 g/mol. The van der Waals surface area contributed by atoms with Crippen LogP contribution in [0.5, 0.6) is 0 Å². The van der Waals surface area contributed by atoms with Crippen molar-refractivity contribution < 1.29 is 0 Å². The van der Waals surface area contributed by atoms with Crippen molar-refractivity contribution in [1.29, 1.82) is 0 Å². The van der Waals surface area contributed by atoms with E-state index in [1.807, 2.05) is 0 Å². The van der Waals surface area contributed by atoms with Crippen LogP contribution < -0.4 is 5.73 Å². The normalized spacial score (nSPS) is 37.7. The molecule has 1 aromatic carbocycles. The smallest absolute Gasteiger partial charge is 0.0240 e. The van der Waals surface area contributed by atoms with Crippen molar-refractivity contribution in [3.05, 3.63) is 35.9 Å². The maximum absolute atomic E-state index is 6.38. The van der Waals surface area contributed by atoms with Crippen LogP contribution in [0.3, 0.4) is 0 Å². The van der Waals surface area contributed by atoms with Gasteiger partial charge in [-0.05, 0) is 31.2 Å². The van der Waals surface area contributed by atoms with E-state index in [1.54, 1.807) is 0 Å². The summed E-state index contributed by atoms with van der Waals surface area (Å²) in [6.07, 6.45) is 0. The van der Waals surface area contributed by atoms with Gasteiger partial charge in [0, 0.05) is 24.7 Å². The third-order valence-corrected chi connectivity index (χ3v) is 5.01. The maximum atomic E-state index is 6.38. The van der Waals surface area contributed by atoms with Gasteiger partial charge in [-0.2, -0.15) is 0 Å². The molecule has 0 aliphatic carbocycles. The van der Waals surface area contributed by atoms with Crippen molar-refractivity contribution in [2.75, 3.05) is 0 Å². The van der Waals surface area contributed by atoms with Crippen molar-refractivity contribution in [3.8, 4) is 0 Å². The van der Waals surface area contributed by atoms with E-state index >= 15 is 0 Å². The van der Waals surface area contributed by atoms with Gasteiger partial charge in [0.05, 0.1) is 0 Å². The van der Waals surface area contributed by atoms with Crippen molar-refractivity contribution >= 4 is 0 Å². The zero-order valence-electron chi connectivity index (χ0n) is 12.0. The van der Waals surface area contributed by atoms with Gasteiger partial charge in [-0.3, -0.25) is 4.90 Å². The highest BCUT2D eigenvalue weighted by molar-refractivity contribution is 5.15. The Balaban J connectivity index is 2.16. The van der Waals surface area contributed by atoms with Crippen LogP contribution in [-0.2, 0) is 6.54 Å². The third-order valence-electron chi connectivity index (χ3n) is 5.01. The predicted octanol–water partition coefficient (Wildman–Crippen LogP) is 2.88. The van der Waals surface area contributed by atoms with Crippen LogP contribution in [0.15, 0.2) is 30.3 Å². The van der Waals surface area contributed by atoms with Crippen LogP contribution in [0.2, 0.25) is 0 Å².